The molecule has 1 saturated carbocycles. The van der Waals surface area contributed by atoms with E-state index in [1.165, 1.54) is 12.8 Å². The predicted octanol–water partition coefficient (Wildman–Crippen LogP) is 2.38. The molecule has 2 rings (SSSR count). The zero-order valence-electron chi connectivity index (χ0n) is 10.2. The van der Waals surface area contributed by atoms with E-state index < -0.39 is 0 Å². The van der Waals surface area contributed by atoms with Crippen LogP contribution >= 0.6 is 15.9 Å². The molecule has 4 heteroatoms. The number of hydrogen-bond donors (Lipinski definition) is 1. The molecule has 0 unspecified atom stereocenters. The average Bonchev–Trinajstić information content (AvgIpc) is 3.15. The van der Waals surface area contributed by atoms with E-state index in [-0.39, 0.29) is 0 Å². The van der Waals surface area contributed by atoms with Crippen molar-refractivity contribution in [2.75, 3.05) is 20.2 Å². The van der Waals surface area contributed by atoms with Gasteiger partial charge >= 0.3 is 0 Å². The summed E-state index contributed by atoms with van der Waals surface area (Å²) in [5.41, 5.74) is 6.69. The Kier molecular flexibility index (Phi) is 4.42. The summed E-state index contributed by atoms with van der Waals surface area (Å²) in [7, 11) is 2.16. The van der Waals surface area contributed by atoms with Crippen molar-refractivity contribution in [3.05, 3.63) is 28.2 Å². The monoisotopic (exact) mass is 298 g/mol. The predicted molar refractivity (Wildman–Crippen MR) is 73.2 cm³/mol. The molecule has 1 aliphatic carbocycles. The van der Waals surface area contributed by atoms with Crippen LogP contribution in [0.2, 0.25) is 0 Å². The third-order valence-corrected chi connectivity index (χ3v) is 3.72. The first-order valence-corrected chi connectivity index (χ1v) is 6.81. The van der Waals surface area contributed by atoms with Crippen molar-refractivity contribution >= 4 is 15.9 Å². The van der Waals surface area contributed by atoms with Crippen molar-refractivity contribution in [2.24, 2.45) is 5.73 Å². The molecule has 1 aliphatic rings. The second-order valence-corrected chi connectivity index (χ2v) is 5.38. The van der Waals surface area contributed by atoms with Crippen LogP contribution in [-0.2, 0) is 6.54 Å². The largest absolute Gasteiger partial charge is 0.491 e. The number of benzene rings is 1. The number of ether oxygens (including phenoxy) is 1. The van der Waals surface area contributed by atoms with Gasteiger partial charge in [-0.3, -0.25) is 0 Å². The van der Waals surface area contributed by atoms with Crippen LogP contribution in [0.15, 0.2) is 22.7 Å². The minimum absolute atomic E-state index is 0.559. The number of hydrogen-bond acceptors (Lipinski definition) is 3. The van der Waals surface area contributed by atoms with E-state index >= 15 is 0 Å². The Hall–Kier alpha value is -0.580. The van der Waals surface area contributed by atoms with E-state index in [1.807, 2.05) is 18.2 Å². The fraction of sp³-hybridized carbons (Fsp3) is 0.538. The van der Waals surface area contributed by atoms with E-state index in [4.69, 9.17) is 10.5 Å². The van der Waals surface area contributed by atoms with Crippen molar-refractivity contribution < 1.29 is 4.74 Å². The van der Waals surface area contributed by atoms with Gasteiger partial charge in [0.2, 0.25) is 0 Å². The molecule has 3 nitrogen and oxygen atoms in total. The van der Waals surface area contributed by atoms with Gasteiger partial charge in [-0.2, -0.15) is 0 Å². The molecule has 0 atom stereocenters. The summed E-state index contributed by atoms with van der Waals surface area (Å²) in [6, 6.07) is 6.79. The Morgan fingerprint density at radius 3 is 2.82 bits per heavy atom. The van der Waals surface area contributed by atoms with Crippen LogP contribution in [0, 0.1) is 0 Å². The SMILES string of the molecule is CN(CCOc1ccc(CN)cc1Br)C1CC1. The van der Waals surface area contributed by atoms with E-state index in [2.05, 4.69) is 27.9 Å². The number of rotatable bonds is 6. The third kappa shape index (κ3) is 3.69. The van der Waals surface area contributed by atoms with Crippen LogP contribution in [0.1, 0.15) is 18.4 Å². The van der Waals surface area contributed by atoms with E-state index in [0.29, 0.717) is 6.54 Å². The van der Waals surface area contributed by atoms with Gasteiger partial charge in [0.15, 0.2) is 0 Å². The number of nitrogens with zero attached hydrogens (tertiary/aromatic N) is 1. The average molecular weight is 299 g/mol. The molecule has 0 radical (unpaired) electrons. The van der Waals surface area contributed by atoms with Gasteiger partial charge in [-0.15, -0.1) is 0 Å². The zero-order chi connectivity index (χ0) is 12.3. The Bertz CT molecular complexity index is 380. The molecule has 0 spiro atoms. The molecule has 0 aliphatic heterocycles. The molecule has 1 aromatic carbocycles. The van der Waals surface area contributed by atoms with Gasteiger partial charge in [0.05, 0.1) is 4.47 Å². The van der Waals surface area contributed by atoms with Gasteiger partial charge < -0.3 is 15.4 Å². The van der Waals surface area contributed by atoms with Crippen LogP contribution in [0.4, 0.5) is 0 Å². The maximum Gasteiger partial charge on any atom is 0.133 e. The fourth-order valence-electron chi connectivity index (χ4n) is 1.79. The highest BCUT2D eigenvalue weighted by Crippen LogP contribution is 2.27. The van der Waals surface area contributed by atoms with Gasteiger partial charge in [-0.25, -0.2) is 0 Å². The molecule has 1 fully saturated rings. The Morgan fingerprint density at radius 1 is 1.47 bits per heavy atom. The van der Waals surface area contributed by atoms with Gasteiger partial charge in [0.25, 0.3) is 0 Å². The highest BCUT2D eigenvalue weighted by atomic mass is 79.9. The van der Waals surface area contributed by atoms with E-state index in [1.54, 1.807) is 0 Å². The van der Waals surface area contributed by atoms with Crippen LogP contribution in [0.5, 0.6) is 5.75 Å². The molecule has 2 N–H and O–H groups in total. The highest BCUT2D eigenvalue weighted by Gasteiger charge is 2.25. The summed E-state index contributed by atoms with van der Waals surface area (Å²) in [4.78, 5) is 2.36. The first kappa shape index (κ1) is 12.9. The minimum atomic E-state index is 0.559. The molecular formula is C13H19BrN2O. The van der Waals surface area contributed by atoms with Gasteiger partial charge in [0.1, 0.15) is 12.4 Å². The molecule has 1 aromatic rings. The lowest BCUT2D eigenvalue weighted by molar-refractivity contribution is 0.231. The normalized spacial score (nSPS) is 15.3. The maximum atomic E-state index is 5.76. The molecular weight excluding hydrogens is 280 g/mol. The standard InChI is InChI=1S/C13H19BrN2O/c1-16(11-3-4-11)6-7-17-13-5-2-10(9-15)8-12(13)14/h2,5,8,11H,3-4,6-7,9,15H2,1H3. The summed E-state index contributed by atoms with van der Waals surface area (Å²) < 4.78 is 6.74. The first-order valence-electron chi connectivity index (χ1n) is 6.02. The van der Waals surface area contributed by atoms with Crippen LogP contribution in [0.25, 0.3) is 0 Å². The molecule has 0 amide bonds. The Balaban J connectivity index is 1.81. The van der Waals surface area contributed by atoms with Crippen molar-refractivity contribution in [3.63, 3.8) is 0 Å². The van der Waals surface area contributed by atoms with Crippen LogP contribution in [0.3, 0.4) is 0 Å². The van der Waals surface area contributed by atoms with Crippen molar-refractivity contribution in [2.45, 2.75) is 25.4 Å². The molecule has 0 aromatic heterocycles. The van der Waals surface area contributed by atoms with E-state index in [9.17, 15) is 0 Å². The van der Waals surface area contributed by atoms with Crippen molar-refractivity contribution in [1.82, 2.24) is 4.90 Å². The quantitative estimate of drug-likeness (QED) is 0.876. The van der Waals surface area contributed by atoms with Gasteiger partial charge in [-0.05, 0) is 53.5 Å². The lowest BCUT2D eigenvalue weighted by Crippen LogP contribution is -2.26. The summed E-state index contributed by atoms with van der Waals surface area (Å²) in [6.07, 6.45) is 2.68. The Labute approximate surface area is 111 Å². The lowest BCUT2D eigenvalue weighted by Gasteiger charge is -2.16. The molecule has 94 valence electrons. The van der Waals surface area contributed by atoms with Crippen molar-refractivity contribution in [3.8, 4) is 5.75 Å². The zero-order valence-corrected chi connectivity index (χ0v) is 11.7. The van der Waals surface area contributed by atoms with E-state index in [0.717, 1.165) is 35.0 Å². The summed E-state index contributed by atoms with van der Waals surface area (Å²) in [6.45, 7) is 2.27. The first-order chi connectivity index (χ1) is 8.20. The highest BCUT2D eigenvalue weighted by molar-refractivity contribution is 9.10. The number of nitrogens with two attached hydrogens (primary N) is 1. The summed E-state index contributed by atoms with van der Waals surface area (Å²) in [5.74, 6) is 0.895. The third-order valence-electron chi connectivity index (χ3n) is 3.10. The molecule has 0 saturated heterocycles. The van der Waals surface area contributed by atoms with Crippen LogP contribution in [-0.4, -0.2) is 31.1 Å². The second kappa shape index (κ2) is 5.85. The number of likely N-dealkylation sites (N-methyl/N-ethyl adjacent to an activating group) is 1. The number of halogens is 1. The maximum absolute atomic E-state index is 5.76. The smallest absolute Gasteiger partial charge is 0.133 e. The second-order valence-electron chi connectivity index (χ2n) is 4.53. The molecule has 0 bridgehead atoms. The molecule has 0 heterocycles. The molecule has 17 heavy (non-hydrogen) atoms. The van der Waals surface area contributed by atoms with Crippen LogP contribution < -0.4 is 10.5 Å². The Morgan fingerprint density at radius 2 is 2.24 bits per heavy atom. The lowest BCUT2D eigenvalue weighted by atomic mass is 10.2. The topological polar surface area (TPSA) is 38.5 Å². The van der Waals surface area contributed by atoms with Crippen molar-refractivity contribution in [1.29, 1.82) is 0 Å². The summed E-state index contributed by atoms with van der Waals surface area (Å²) >= 11 is 3.50. The van der Waals surface area contributed by atoms with Gasteiger partial charge in [0, 0.05) is 19.1 Å². The fourth-order valence-corrected chi connectivity index (χ4v) is 2.33. The van der Waals surface area contributed by atoms with Gasteiger partial charge in [-0.1, -0.05) is 6.07 Å². The minimum Gasteiger partial charge on any atom is -0.491 e. The summed E-state index contributed by atoms with van der Waals surface area (Å²) in [5, 5.41) is 0.